The van der Waals surface area contributed by atoms with Crippen molar-refractivity contribution in [3.05, 3.63) is 0 Å². The lowest BCUT2D eigenvalue weighted by Crippen LogP contribution is -2.53. The third-order valence-corrected chi connectivity index (χ3v) is 6.13. The standard InChI is InChI=1S/C17H32N2O/c1-12-7-9-17(11-18,10-8-12)16(20)19-15-6-4-5-13(2)14(15)3/h12-15H,4-11,18H2,1-3H3,(H,19,20). The molecule has 116 valence electrons. The maximum Gasteiger partial charge on any atom is 0.227 e. The number of carbonyl (C=O) groups is 1. The Balaban J connectivity index is 1.99. The molecule has 3 atom stereocenters. The van der Waals surface area contributed by atoms with Gasteiger partial charge in [0.2, 0.25) is 5.91 Å². The molecule has 2 rings (SSSR count). The molecule has 0 aliphatic heterocycles. The van der Waals surface area contributed by atoms with Gasteiger partial charge in [0.15, 0.2) is 0 Å². The van der Waals surface area contributed by atoms with Crippen LogP contribution in [0.2, 0.25) is 0 Å². The van der Waals surface area contributed by atoms with Crippen molar-refractivity contribution in [2.45, 2.75) is 71.8 Å². The maximum atomic E-state index is 12.8. The summed E-state index contributed by atoms with van der Waals surface area (Å²) in [6.07, 6.45) is 7.88. The highest BCUT2D eigenvalue weighted by Gasteiger charge is 2.41. The zero-order valence-electron chi connectivity index (χ0n) is 13.5. The molecule has 0 spiro atoms. The van der Waals surface area contributed by atoms with Crippen molar-refractivity contribution < 1.29 is 4.79 Å². The van der Waals surface area contributed by atoms with Crippen LogP contribution in [0.15, 0.2) is 0 Å². The predicted octanol–water partition coefficient (Wildman–Crippen LogP) is 3.08. The normalized spacial score (nSPS) is 42.2. The fourth-order valence-electron chi connectivity index (χ4n) is 3.95. The molecule has 0 radical (unpaired) electrons. The Labute approximate surface area is 124 Å². The van der Waals surface area contributed by atoms with Crippen molar-refractivity contribution in [2.75, 3.05) is 6.54 Å². The van der Waals surface area contributed by atoms with Gasteiger partial charge >= 0.3 is 0 Å². The molecule has 2 aliphatic carbocycles. The van der Waals surface area contributed by atoms with Gasteiger partial charge in [0, 0.05) is 12.6 Å². The van der Waals surface area contributed by atoms with E-state index in [1.165, 1.54) is 12.8 Å². The Kier molecular flexibility index (Phi) is 5.11. The lowest BCUT2D eigenvalue weighted by atomic mass is 9.69. The Bertz CT molecular complexity index is 334. The summed E-state index contributed by atoms with van der Waals surface area (Å²) < 4.78 is 0. The van der Waals surface area contributed by atoms with E-state index in [1.54, 1.807) is 0 Å². The van der Waals surface area contributed by atoms with Crippen LogP contribution < -0.4 is 11.1 Å². The zero-order valence-corrected chi connectivity index (χ0v) is 13.5. The van der Waals surface area contributed by atoms with Gasteiger partial charge in [-0.2, -0.15) is 0 Å². The summed E-state index contributed by atoms with van der Waals surface area (Å²) >= 11 is 0. The largest absolute Gasteiger partial charge is 0.353 e. The fraction of sp³-hybridized carbons (Fsp3) is 0.941. The third kappa shape index (κ3) is 3.19. The van der Waals surface area contributed by atoms with E-state index in [2.05, 4.69) is 26.1 Å². The number of hydrogen-bond acceptors (Lipinski definition) is 2. The molecule has 2 fully saturated rings. The van der Waals surface area contributed by atoms with Gasteiger partial charge in [-0.1, -0.05) is 33.6 Å². The first-order chi connectivity index (χ1) is 9.48. The third-order valence-electron chi connectivity index (χ3n) is 6.13. The van der Waals surface area contributed by atoms with Crippen LogP contribution in [0, 0.1) is 23.2 Å². The van der Waals surface area contributed by atoms with Crippen LogP contribution in [0.25, 0.3) is 0 Å². The molecule has 3 nitrogen and oxygen atoms in total. The van der Waals surface area contributed by atoms with Crippen molar-refractivity contribution in [1.29, 1.82) is 0 Å². The van der Waals surface area contributed by atoms with Gasteiger partial charge in [-0.25, -0.2) is 0 Å². The molecular formula is C17H32N2O. The lowest BCUT2D eigenvalue weighted by molar-refractivity contribution is -0.134. The summed E-state index contributed by atoms with van der Waals surface area (Å²) in [6, 6.07) is 0.356. The molecule has 0 aromatic carbocycles. The van der Waals surface area contributed by atoms with E-state index in [-0.39, 0.29) is 11.3 Å². The summed E-state index contributed by atoms with van der Waals surface area (Å²) in [4.78, 5) is 12.8. The van der Waals surface area contributed by atoms with E-state index in [0.717, 1.165) is 38.0 Å². The number of nitrogens with two attached hydrogens (primary N) is 1. The van der Waals surface area contributed by atoms with Gasteiger partial charge in [-0.15, -0.1) is 0 Å². The second-order valence-corrected chi connectivity index (χ2v) is 7.51. The summed E-state index contributed by atoms with van der Waals surface area (Å²) in [5, 5.41) is 3.36. The monoisotopic (exact) mass is 280 g/mol. The van der Waals surface area contributed by atoms with Crippen molar-refractivity contribution in [1.82, 2.24) is 5.32 Å². The first kappa shape index (κ1) is 15.8. The highest BCUT2D eigenvalue weighted by molar-refractivity contribution is 5.83. The van der Waals surface area contributed by atoms with Crippen molar-refractivity contribution in [3.8, 4) is 0 Å². The minimum absolute atomic E-state index is 0.234. The Morgan fingerprint density at radius 1 is 1.15 bits per heavy atom. The SMILES string of the molecule is CC1CCC(CN)(C(=O)NC2CCCC(C)C2C)CC1. The van der Waals surface area contributed by atoms with E-state index in [9.17, 15) is 4.79 Å². The van der Waals surface area contributed by atoms with E-state index in [1.807, 2.05) is 0 Å². The average molecular weight is 280 g/mol. The first-order valence-electron chi connectivity index (χ1n) is 8.49. The van der Waals surface area contributed by atoms with Gasteiger partial charge in [0.1, 0.15) is 0 Å². The molecular weight excluding hydrogens is 248 g/mol. The highest BCUT2D eigenvalue weighted by atomic mass is 16.2. The van der Waals surface area contributed by atoms with Crippen molar-refractivity contribution >= 4 is 5.91 Å². The van der Waals surface area contributed by atoms with E-state index in [0.29, 0.717) is 24.4 Å². The van der Waals surface area contributed by atoms with Gasteiger partial charge in [0.25, 0.3) is 0 Å². The molecule has 2 saturated carbocycles. The van der Waals surface area contributed by atoms with Crippen LogP contribution in [-0.4, -0.2) is 18.5 Å². The van der Waals surface area contributed by atoms with E-state index < -0.39 is 0 Å². The molecule has 0 bridgehead atoms. The molecule has 0 saturated heterocycles. The van der Waals surface area contributed by atoms with Crippen LogP contribution in [0.5, 0.6) is 0 Å². The van der Waals surface area contributed by atoms with Crippen molar-refractivity contribution in [2.24, 2.45) is 28.9 Å². The minimum Gasteiger partial charge on any atom is -0.353 e. The van der Waals surface area contributed by atoms with Crippen LogP contribution in [-0.2, 0) is 4.79 Å². The van der Waals surface area contributed by atoms with Crippen molar-refractivity contribution in [3.63, 3.8) is 0 Å². The topological polar surface area (TPSA) is 55.1 Å². The first-order valence-corrected chi connectivity index (χ1v) is 8.49. The number of nitrogens with one attached hydrogen (secondary N) is 1. The Morgan fingerprint density at radius 3 is 2.40 bits per heavy atom. The van der Waals surface area contributed by atoms with Crippen LogP contribution >= 0.6 is 0 Å². The molecule has 20 heavy (non-hydrogen) atoms. The smallest absolute Gasteiger partial charge is 0.227 e. The second kappa shape index (κ2) is 6.46. The lowest BCUT2D eigenvalue weighted by Gasteiger charge is -2.41. The molecule has 0 heterocycles. The van der Waals surface area contributed by atoms with Crippen LogP contribution in [0.1, 0.15) is 65.7 Å². The molecule has 0 aromatic rings. The Hall–Kier alpha value is -0.570. The van der Waals surface area contributed by atoms with Crippen LogP contribution in [0.3, 0.4) is 0 Å². The summed E-state index contributed by atoms with van der Waals surface area (Å²) in [7, 11) is 0. The summed E-state index contributed by atoms with van der Waals surface area (Å²) in [5.41, 5.74) is 5.71. The molecule has 0 aromatic heterocycles. The molecule has 2 aliphatic rings. The number of amides is 1. The van der Waals surface area contributed by atoms with Crippen LogP contribution in [0.4, 0.5) is 0 Å². The average Bonchev–Trinajstić information content (AvgIpc) is 2.45. The zero-order chi connectivity index (χ0) is 14.8. The van der Waals surface area contributed by atoms with Gasteiger partial charge in [0.05, 0.1) is 5.41 Å². The highest BCUT2D eigenvalue weighted by Crippen LogP contribution is 2.39. The number of carbonyl (C=O) groups excluding carboxylic acids is 1. The molecule has 3 unspecified atom stereocenters. The second-order valence-electron chi connectivity index (χ2n) is 7.51. The number of rotatable bonds is 3. The quantitative estimate of drug-likeness (QED) is 0.834. The predicted molar refractivity (Wildman–Crippen MR) is 83.2 cm³/mol. The van der Waals surface area contributed by atoms with Gasteiger partial charge in [-0.05, 0) is 49.9 Å². The molecule has 3 heteroatoms. The van der Waals surface area contributed by atoms with E-state index in [4.69, 9.17) is 5.73 Å². The minimum atomic E-state index is -0.285. The number of hydrogen-bond donors (Lipinski definition) is 2. The van der Waals surface area contributed by atoms with Gasteiger partial charge < -0.3 is 11.1 Å². The fourth-order valence-corrected chi connectivity index (χ4v) is 3.95. The molecule has 1 amide bonds. The van der Waals surface area contributed by atoms with E-state index >= 15 is 0 Å². The summed E-state index contributed by atoms with van der Waals surface area (Å²) in [6.45, 7) is 7.38. The summed E-state index contributed by atoms with van der Waals surface area (Å²) in [5.74, 6) is 2.29. The van der Waals surface area contributed by atoms with Gasteiger partial charge in [-0.3, -0.25) is 4.79 Å². The maximum absolute atomic E-state index is 12.8. The Morgan fingerprint density at radius 2 is 1.80 bits per heavy atom. The molecule has 3 N–H and O–H groups in total.